The third-order valence-corrected chi connectivity index (χ3v) is 1.88. The molecule has 0 bridgehead atoms. The van der Waals surface area contributed by atoms with Crippen molar-refractivity contribution in [3.8, 4) is 0 Å². The molecule has 1 aromatic rings. The molecular weight excluding hydrogens is 162 g/mol. The standard InChI is InChI=1S/C8H10ClNO/c1-5-3-4-10-8(9)7(5)6(2)11/h3-4,6,11H,1-2H3. The van der Waals surface area contributed by atoms with Gasteiger partial charge in [-0.05, 0) is 25.5 Å². The van der Waals surface area contributed by atoms with Crippen LogP contribution in [-0.2, 0) is 0 Å². The second-order valence-corrected chi connectivity index (χ2v) is 2.87. The lowest BCUT2D eigenvalue weighted by atomic mass is 10.1. The summed E-state index contributed by atoms with van der Waals surface area (Å²) in [6, 6.07) is 1.83. The highest BCUT2D eigenvalue weighted by molar-refractivity contribution is 6.30. The van der Waals surface area contributed by atoms with Crippen LogP contribution < -0.4 is 0 Å². The zero-order valence-corrected chi connectivity index (χ0v) is 7.26. The van der Waals surface area contributed by atoms with Gasteiger partial charge in [-0.25, -0.2) is 4.98 Å². The predicted molar refractivity (Wildman–Crippen MR) is 44.6 cm³/mol. The van der Waals surface area contributed by atoms with Gasteiger partial charge < -0.3 is 5.11 Å². The maximum atomic E-state index is 9.26. The molecule has 60 valence electrons. The van der Waals surface area contributed by atoms with Gasteiger partial charge in [0.05, 0.1) is 6.10 Å². The number of halogens is 1. The first-order chi connectivity index (χ1) is 5.13. The Bertz CT molecular complexity index is 240. The smallest absolute Gasteiger partial charge is 0.135 e. The summed E-state index contributed by atoms with van der Waals surface area (Å²) in [6.07, 6.45) is 1.08. The molecular formula is C8H10ClNO. The third-order valence-electron chi connectivity index (χ3n) is 1.58. The predicted octanol–water partition coefficient (Wildman–Crippen LogP) is 2.10. The van der Waals surface area contributed by atoms with Crippen LogP contribution in [0.25, 0.3) is 0 Å². The number of aliphatic hydroxyl groups is 1. The van der Waals surface area contributed by atoms with Gasteiger partial charge in [0.1, 0.15) is 5.15 Å². The largest absolute Gasteiger partial charge is 0.389 e. The minimum absolute atomic E-state index is 0.389. The molecule has 0 aliphatic carbocycles. The van der Waals surface area contributed by atoms with Crippen LogP contribution in [-0.4, -0.2) is 10.1 Å². The first kappa shape index (κ1) is 8.50. The van der Waals surface area contributed by atoms with Gasteiger partial charge in [-0.15, -0.1) is 0 Å². The number of aliphatic hydroxyl groups excluding tert-OH is 1. The van der Waals surface area contributed by atoms with Crippen LogP contribution in [0.5, 0.6) is 0 Å². The van der Waals surface area contributed by atoms with Crippen molar-refractivity contribution in [3.63, 3.8) is 0 Å². The van der Waals surface area contributed by atoms with E-state index >= 15 is 0 Å². The van der Waals surface area contributed by atoms with Crippen molar-refractivity contribution in [2.45, 2.75) is 20.0 Å². The van der Waals surface area contributed by atoms with Gasteiger partial charge in [0.25, 0.3) is 0 Å². The van der Waals surface area contributed by atoms with Crippen LogP contribution >= 0.6 is 11.6 Å². The van der Waals surface area contributed by atoms with Crippen molar-refractivity contribution in [1.29, 1.82) is 0 Å². The van der Waals surface area contributed by atoms with Crippen molar-refractivity contribution in [3.05, 3.63) is 28.5 Å². The average Bonchev–Trinajstić information content (AvgIpc) is 1.85. The molecule has 1 heterocycles. The molecule has 0 saturated heterocycles. The number of aromatic nitrogens is 1. The Hall–Kier alpha value is -0.600. The number of aryl methyl sites for hydroxylation is 1. The topological polar surface area (TPSA) is 33.1 Å². The molecule has 0 aliphatic heterocycles. The van der Waals surface area contributed by atoms with Crippen molar-refractivity contribution in [2.24, 2.45) is 0 Å². The fourth-order valence-electron chi connectivity index (χ4n) is 1.04. The van der Waals surface area contributed by atoms with Crippen LogP contribution in [0.2, 0.25) is 5.15 Å². The normalized spacial score (nSPS) is 13.1. The molecule has 1 N–H and O–H groups in total. The summed E-state index contributed by atoms with van der Waals surface area (Å²) >= 11 is 5.75. The second-order valence-electron chi connectivity index (χ2n) is 2.51. The summed E-state index contributed by atoms with van der Waals surface area (Å²) in [5, 5.41) is 9.65. The highest BCUT2D eigenvalue weighted by Gasteiger charge is 2.09. The Balaban J connectivity index is 3.21. The number of nitrogens with zero attached hydrogens (tertiary/aromatic N) is 1. The number of hydrogen-bond donors (Lipinski definition) is 1. The van der Waals surface area contributed by atoms with Crippen LogP contribution in [0.4, 0.5) is 0 Å². The Morgan fingerprint density at radius 1 is 1.64 bits per heavy atom. The Morgan fingerprint density at radius 2 is 2.27 bits per heavy atom. The van der Waals surface area contributed by atoms with E-state index in [1.165, 1.54) is 0 Å². The number of hydrogen-bond acceptors (Lipinski definition) is 2. The van der Waals surface area contributed by atoms with Crippen LogP contribution in [0.1, 0.15) is 24.2 Å². The Labute approximate surface area is 70.8 Å². The van der Waals surface area contributed by atoms with Crippen molar-refractivity contribution >= 4 is 11.6 Å². The van der Waals surface area contributed by atoms with Crippen molar-refractivity contribution in [2.75, 3.05) is 0 Å². The Morgan fingerprint density at radius 3 is 2.64 bits per heavy atom. The van der Waals surface area contributed by atoms with E-state index in [1.54, 1.807) is 13.1 Å². The zero-order chi connectivity index (χ0) is 8.43. The second kappa shape index (κ2) is 3.20. The van der Waals surface area contributed by atoms with Gasteiger partial charge in [0.2, 0.25) is 0 Å². The molecule has 1 aromatic heterocycles. The molecule has 0 amide bonds. The fraction of sp³-hybridized carbons (Fsp3) is 0.375. The highest BCUT2D eigenvalue weighted by Crippen LogP contribution is 2.23. The summed E-state index contributed by atoms with van der Waals surface area (Å²) in [5.74, 6) is 0. The van der Waals surface area contributed by atoms with Crippen LogP contribution in [0.3, 0.4) is 0 Å². The number of pyridine rings is 1. The van der Waals surface area contributed by atoms with Crippen molar-refractivity contribution in [1.82, 2.24) is 4.98 Å². The fourth-order valence-corrected chi connectivity index (χ4v) is 1.40. The molecule has 3 heteroatoms. The van der Waals surface area contributed by atoms with E-state index in [0.29, 0.717) is 10.7 Å². The van der Waals surface area contributed by atoms with Gasteiger partial charge >= 0.3 is 0 Å². The first-order valence-corrected chi connectivity index (χ1v) is 3.79. The summed E-state index contributed by atoms with van der Waals surface area (Å²) in [4.78, 5) is 3.87. The van der Waals surface area contributed by atoms with E-state index in [0.717, 1.165) is 5.56 Å². The highest BCUT2D eigenvalue weighted by atomic mass is 35.5. The molecule has 0 spiro atoms. The average molecular weight is 172 g/mol. The van der Waals surface area contributed by atoms with Gasteiger partial charge in [-0.3, -0.25) is 0 Å². The van der Waals surface area contributed by atoms with E-state index in [9.17, 15) is 5.11 Å². The molecule has 11 heavy (non-hydrogen) atoms. The zero-order valence-electron chi connectivity index (χ0n) is 6.50. The molecule has 0 aromatic carbocycles. The molecule has 0 aliphatic rings. The maximum absolute atomic E-state index is 9.26. The SMILES string of the molecule is Cc1ccnc(Cl)c1C(C)O. The van der Waals surface area contributed by atoms with Gasteiger partial charge in [-0.1, -0.05) is 11.6 Å². The molecule has 0 radical (unpaired) electrons. The molecule has 2 nitrogen and oxygen atoms in total. The molecule has 0 saturated carbocycles. The van der Waals surface area contributed by atoms with Gasteiger partial charge in [0, 0.05) is 11.8 Å². The molecule has 1 atom stereocenters. The summed E-state index contributed by atoms with van der Waals surface area (Å²) < 4.78 is 0. The lowest BCUT2D eigenvalue weighted by Gasteiger charge is -2.08. The summed E-state index contributed by atoms with van der Waals surface area (Å²) in [7, 11) is 0. The molecule has 1 rings (SSSR count). The first-order valence-electron chi connectivity index (χ1n) is 3.42. The maximum Gasteiger partial charge on any atom is 0.135 e. The summed E-state index contributed by atoms with van der Waals surface area (Å²) in [5.41, 5.74) is 1.69. The van der Waals surface area contributed by atoms with Crippen molar-refractivity contribution < 1.29 is 5.11 Å². The van der Waals surface area contributed by atoms with E-state index in [1.807, 2.05) is 13.0 Å². The minimum Gasteiger partial charge on any atom is -0.389 e. The quantitative estimate of drug-likeness (QED) is 0.657. The van der Waals surface area contributed by atoms with Gasteiger partial charge in [-0.2, -0.15) is 0 Å². The lowest BCUT2D eigenvalue weighted by molar-refractivity contribution is 0.198. The summed E-state index contributed by atoms with van der Waals surface area (Å²) in [6.45, 7) is 3.57. The monoisotopic (exact) mass is 171 g/mol. The van der Waals surface area contributed by atoms with Crippen LogP contribution in [0, 0.1) is 6.92 Å². The molecule has 1 unspecified atom stereocenters. The van der Waals surface area contributed by atoms with Gasteiger partial charge in [0.15, 0.2) is 0 Å². The van der Waals surface area contributed by atoms with E-state index in [2.05, 4.69) is 4.98 Å². The number of rotatable bonds is 1. The molecule has 0 fully saturated rings. The Kier molecular flexibility index (Phi) is 2.47. The lowest BCUT2D eigenvalue weighted by Crippen LogP contribution is -1.97. The third kappa shape index (κ3) is 1.70. The van der Waals surface area contributed by atoms with E-state index in [-0.39, 0.29) is 0 Å². The van der Waals surface area contributed by atoms with Crippen LogP contribution in [0.15, 0.2) is 12.3 Å². The minimum atomic E-state index is -0.545. The van der Waals surface area contributed by atoms with E-state index < -0.39 is 6.10 Å². The van der Waals surface area contributed by atoms with E-state index in [4.69, 9.17) is 11.6 Å².